The molecule has 0 saturated carbocycles. The van der Waals surface area contributed by atoms with Crippen molar-refractivity contribution in [3.05, 3.63) is 26.7 Å². The number of aromatic nitrogens is 4. The van der Waals surface area contributed by atoms with Gasteiger partial charge >= 0.3 is 5.69 Å². The average Bonchev–Trinajstić information content (AvgIpc) is 2.96. The summed E-state index contributed by atoms with van der Waals surface area (Å²) < 4.78 is 4.43. The Morgan fingerprint density at radius 1 is 1.20 bits per heavy atom. The van der Waals surface area contributed by atoms with Crippen molar-refractivity contribution in [2.24, 2.45) is 14.1 Å². The van der Waals surface area contributed by atoms with Crippen molar-refractivity contribution in [1.29, 1.82) is 0 Å². The summed E-state index contributed by atoms with van der Waals surface area (Å²) in [5, 5.41) is 9.23. The van der Waals surface area contributed by atoms with Crippen LogP contribution < -0.4 is 11.2 Å². The molecular formula is C17H27N5O3. The molecule has 0 aliphatic carbocycles. The van der Waals surface area contributed by atoms with Crippen molar-refractivity contribution < 1.29 is 5.11 Å². The summed E-state index contributed by atoms with van der Waals surface area (Å²) in [5.41, 5.74) is 0.159. The van der Waals surface area contributed by atoms with Gasteiger partial charge in [0.25, 0.3) is 5.56 Å². The SMILES string of the molecule is CC1CCCCN1Cc1nc2c(c(=O)n(C)c(=O)n2C)n1CCCO. The smallest absolute Gasteiger partial charge is 0.332 e. The lowest BCUT2D eigenvalue weighted by molar-refractivity contribution is 0.147. The molecule has 8 heteroatoms. The third kappa shape index (κ3) is 3.16. The molecule has 0 bridgehead atoms. The van der Waals surface area contributed by atoms with E-state index < -0.39 is 0 Å². The van der Waals surface area contributed by atoms with Crippen LogP contribution in [0.1, 0.15) is 38.4 Å². The lowest BCUT2D eigenvalue weighted by Crippen LogP contribution is -2.38. The zero-order valence-electron chi connectivity index (χ0n) is 15.2. The van der Waals surface area contributed by atoms with E-state index in [1.54, 1.807) is 7.05 Å². The van der Waals surface area contributed by atoms with Crippen LogP contribution in [0.2, 0.25) is 0 Å². The van der Waals surface area contributed by atoms with Gasteiger partial charge in [-0.2, -0.15) is 0 Å². The monoisotopic (exact) mass is 349 g/mol. The minimum atomic E-state index is -0.373. The van der Waals surface area contributed by atoms with Crippen LogP contribution in [0.3, 0.4) is 0 Å². The number of aliphatic hydroxyl groups is 1. The Kier molecular flexibility index (Phi) is 5.10. The van der Waals surface area contributed by atoms with Crippen LogP contribution in [0.15, 0.2) is 9.59 Å². The second kappa shape index (κ2) is 7.13. The molecule has 2 aromatic rings. The van der Waals surface area contributed by atoms with Crippen LogP contribution in [0.5, 0.6) is 0 Å². The Morgan fingerprint density at radius 2 is 1.96 bits per heavy atom. The molecule has 2 aromatic heterocycles. The molecule has 8 nitrogen and oxygen atoms in total. The fourth-order valence-corrected chi connectivity index (χ4v) is 3.66. The molecule has 1 aliphatic rings. The number of aryl methyl sites for hydroxylation is 2. The molecule has 0 aromatic carbocycles. The molecule has 138 valence electrons. The zero-order valence-corrected chi connectivity index (χ0v) is 15.2. The molecule has 0 spiro atoms. The van der Waals surface area contributed by atoms with Gasteiger partial charge in [-0.3, -0.25) is 18.8 Å². The topological polar surface area (TPSA) is 85.3 Å². The lowest BCUT2D eigenvalue weighted by Gasteiger charge is -2.33. The van der Waals surface area contributed by atoms with Crippen LogP contribution in [0.4, 0.5) is 0 Å². The molecule has 3 heterocycles. The Bertz CT molecular complexity index is 879. The van der Waals surface area contributed by atoms with Gasteiger partial charge in [0.2, 0.25) is 0 Å². The van der Waals surface area contributed by atoms with Crippen molar-refractivity contribution in [1.82, 2.24) is 23.6 Å². The van der Waals surface area contributed by atoms with Crippen molar-refractivity contribution in [3.63, 3.8) is 0 Å². The molecule has 25 heavy (non-hydrogen) atoms. The van der Waals surface area contributed by atoms with E-state index >= 15 is 0 Å². The first-order chi connectivity index (χ1) is 12.0. The molecular weight excluding hydrogens is 322 g/mol. The molecule has 0 radical (unpaired) electrons. The van der Waals surface area contributed by atoms with Gasteiger partial charge in [-0.25, -0.2) is 9.78 Å². The zero-order chi connectivity index (χ0) is 18.1. The maximum atomic E-state index is 12.7. The minimum absolute atomic E-state index is 0.0469. The van der Waals surface area contributed by atoms with Crippen molar-refractivity contribution in [2.45, 2.75) is 51.7 Å². The highest BCUT2D eigenvalue weighted by atomic mass is 16.3. The molecule has 1 aliphatic heterocycles. The van der Waals surface area contributed by atoms with Crippen molar-refractivity contribution >= 4 is 11.2 Å². The Hall–Kier alpha value is -1.93. The maximum absolute atomic E-state index is 12.7. The van der Waals surface area contributed by atoms with Crippen LogP contribution >= 0.6 is 0 Å². The van der Waals surface area contributed by atoms with Gasteiger partial charge in [0.1, 0.15) is 5.82 Å². The highest BCUT2D eigenvalue weighted by Crippen LogP contribution is 2.20. The fourth-order valence-electron chi connectivity index (χ4n) is 3.66. The van der Waals surface area contributed by atoms with E-state index in [1.807, 2.05) is 4.57 Å². The second-order valence-corrected chi connectivity index (χ2v) is 6.95. The summed E-state index contributed by atoms with van der Waals surface area (Å²) in [6.07, 6.45) is 4.12. The number of rotatable bonds is 5. The van der Waals surface area contributed by atoms with Crippen LogP contribution in [0.25, 0.3) is 11.2 Å². The summed E-state index contributed by atoms with van der Waals surface area (Å²) >= 11 is 0. The number of likely N-dealkylation sites (tertiary alicyclic amines) is 1. The van der Waals surface area contributed by atoms with E-state index in [2.05, 4.69) is 16.8 Å². The maximum Gasteiger partial charge on any atom is 0.332 e. The van der Waals surface area contributed by atoms with Crippen LogP contribution in [-0.4, -0.2) is 47.9 Å². The Labute approximate surface area is 146 Å². The van der Waals surface area contributed by atoms with Crippen molar-refractivity contribution in [2.75, 3.05) is 13.2 Å². The second-order valence-electron chi connectivity index (χ2n) is 6.95. The minimum Gasteiger partial charge on any atom is -0.396 e. The first-order valence-corrected chi connectivity index (χ1v) is 8.95. The predicted octanol–water partition coefficient (Wildman–Crippen LogP) is 0.191. The van der Waals surface area contributed by atoms with E-state index in [-0.39, 0.29) is 17.9 Å². The highest BCUT2D eigenvalue weighted by molar-refractivity contribution is 5.71. The normalized spacial score (nSPS) is 19.0. The number of piperidine rings is 1. The van der Waals surface area contributed by atoms with E-state index in [0.717, 1.165) is 23.4 Å². The third-order valence-electron chi connectivity index (χ3n) is 5.25. The van der Waals surface area contributed by atoms with Gasteiger partial charge < -0.3 is 9.67 Å². The van der Waals surface area contributed by atoms with Gasteiger partial charge in [0.15, 0.2) is 11.2 Å². The Morgan fingerprint density at radius 3 is 2.64 bits per heavy atom. The Balaban J connectivity index is 2.13. The molecule has 1 saturated heterocycles. The standard InChI is InChI=1S/C17H27N5O3/c1-12-7-4-5-8-21(12)11-13-18-15-14(22(13)9-6-10-23)16(24)20(3)17(25)19(15)2/h12,23H,4-11H2,1-3H3. The van der Waals surface area contributed by atoms with Crippen LogP contribution in [-0.2, 0) is 27.2 Å². The first-order valence-electron chi connectivity index (χ1n) is 8.95. The summed E-state index contributed by atoms with van der Waals surface area (Å²) in [5.74, 6) is 0.788. The molecule has 1 atom stereocenters. The van der Waals surface area contributed by atoms with Gasteiger partial charge in [-0.05, 0) is 32.7 Å². The summed E-state index contributed by atoms with van der Waals surface area (Å²) in [6, 6.07) is 0.478. The van der Waals surface area contributed by atoms with Crippen molar-refractivity contribution in [3.8, 4) is 0 Å². The molecule has 1 unspecified atom stereocenters. The largest absolute Gasteiger partial charge is 0.396 e. The highest BCUT2D eigenvalue weighted by Gasteiger charge is 2.23. The summed E-state index contributed by atoms with van der Waals surface area (Å²) in [4.78, 5) is 31.9. The number of nitrogens with zero attached hydrogens (tertiary/aromatic N) is 5. The summed E-state index contributed by atoms with van der Waals surface area (Å²) in [6.45, 7) is 4.44. The quantitative estimate of drug-likeness (QED) is 0.833. The number of aliphatic hydroxyl groups excluding tert-OH is 1. The lowest BCUT2D eigenvalue weighted by atomic mass is 10.0. The summed E-state index contributed by atoms with van der Waals surface area (Å²) in [7, 11) is 3.13. The molecule has 1 fully saturated rings. The van der Waals surface area contributed by atoms with Gasteiger partial charge in [0.05, 0.1) is 6.54 Å². The predicted molar refractivity (Wildman–Crippen MR) is 95.6 cm³/mol. The van der Waals surface area contributed by atoms with Gasteiger partial charge in [0, 0.05) is 33.3 Å². The van der Waals surface area contributed by atoms with Gasteiger partial charge in [-0.15, -0.1) is 0 Å². The van der Waals surface area contributed by atoms with E-state index in [0.29, 0.717) is 36.7 Å². The average molecular weight is 349 g/mol. The fraction of sp³-hybridized carbons (Fsp3) is 0.706. The molecule has 0 amide bonds. The first kappa shape index (κ1) is 17.9. The number of imidazole rings is 1. The van der Waals surface area contributed by atoms with E-state index in [4.69, 9.17) is 0 Å². The third-order valence-corrected chi connectivity index (χ3v) is 5.25. The van der Waals surface area contributed by atoms with Crippen LogP contribution in [0, 0.1) is 0 Å². The van der Waals surface area contributed by atoms with E-state index in [9.17, 15) is 14.7 Å². The number of fused-ring (bicyclic) bond motifs is 1. The van der Waals surface area contributed by atoms with E-state index in [1.165, 1.54) is 24.5 Å². The molecule has 1 N–H and O–H groups in total. The number of hydrogen-bond acceptors (Lipinski definition) is 5. The van der Waals surface area contributed by atoms with Gasteiger partial charge in [-0.1, -0.05) is 6.42 Å². The molecule has 3 rings (SSSR count). The number of hydrogen-bond donors (Lipinski definition) is 1.